The molecule has 6 heteroatoms. The quantitative estimate of drug-likeness (QED) is 0.651. The van der Waals surface area contributed by atoms with Gasteiger partial charge in [0.05, 0.1) is 21.3 Å². The van der Waals surface area contributed by atoms with E-state index in [9.17, 15) is 9.59 Å². The topological polar surface area (TPSA) is 74.2 Å². The number of allylic oxidation sites excluding steroid dienone is 2. The lowest BCUT2D eigenvalue weighted by molar-refractivity contribution is -0.143. The van der Waals surface area contributed by atoms with Crippen LogP contribution in [0.1, 0.15) is 42.7 Å². The van der Waals surface area contributed by atoms with Crippen LogP contribution in [0.15, 0.2) is 64.8 Å². The monoisotopic (exact) mass is 433 g/mol. The molecule has 0 saturated carbocycles. The van der Waals surface area contributed by atoms with E-state index in [-0.39, 0.29) is 17.7 Å². The maximum atomic E-state index is 13.5. The van der Waals surface area contributed by atoms with Gasteiger partial charge in [0.1, 0.15) is 17.4 Å². The fourth-order valence-corrected chi connectivity index (χ4v) is 4.78. The largest absolute Gasteiger partial charge is 0.497 e. The molecule has 3 atom stereocenters. The molecule has 0 amide bonds. The normalized spacial score (nSPS) is 22.7. The van der Waals surface area contributed by atoms with Gasteiger partial charge >= 0.3 is 5.97 Å². The van der Waals surface area contributed by atoms with Gasteiger partial charge in [-0.25, -0.2) is 0 Å². The van der Waals surface area contributed by atoms with Crippen molar-refractivity contribution in [2.75, 3.05) is 21.3 Å². The summed E-state index contributed by atoms with van der Waals surface area (Å²) in [6.07, 6.45) is 1.02. The van der Waals surface area contributed by atoms with Gasteiger partial charge < -0.3 is 14.2 Å². The molecule has 6 nitrogen and oxygen atoms in total. The molecule has 2 aromatic rings. The van der Waals surface area contributed by atoms with Crippen molar-refractivity contribution in [1.29, 1.82) is 0 Å². The van der Waals surface area contributed by atoms with Crippen molar-refractivity contribution in [3.05, 3.63) is 70.9 Å². The summed E-state index contributed by atoms with van der Waals surface area (Å²) < 4.78 is 15.6. The number of hydrogen-bond donors (Lipinski definition) is 0. The lowest BCUT2D eigenvalue weighted by atomic mass is 9.69. The third-order valence-corrected chi connectivity index (χ3v) is 6.41. The first kappa shape index (κ1) is 21.8. The Kier molecular flexibility index (Phi) is 6.12. The van der Waals surface area contributed by atoms with Crippen LogP contribution in [-0.4, -0.2) is 38.8 Å². The minimum atomic E-state index is -0.631. The van der Waals surface area contributed by atoms with Crippen molar-refractivity contribution in [2.45, 2.75) is 31.6 Å². The molecule has 32 heavy (non-hydrogen) atoms. The van der Waals surface area contributed by atoms with E-state index < -0.39 is 11.8 Å². The molecule has 1 heterocycles. The molecule has 0 fully saturated rings. The van der Waals surface area contributed by atoms with Gasteiger partial charge in [-0.2, -0.15) is 0 Å². The van der Waals surface area contributed by atoms with E-state index in [0.29, 0.717) is 29.9 Å². The number of carbonyl (C=O) groups is 2. The zero-order chi connectivity index (χ0) is 22.8. The fraction of sp³-hybridized carbons (Fsp3) is 0.346. The minimum absolute atomic E-state index is 0.0260. The van der Waals surface area contributed by atoms with Crippen LogP contribution in [-0.2, 0) is 14.3 Å². The van der Waals surface area contributed by atoms with E-state index >= 15 is 0 Å². The summed E-state index contributed by atoms with van der Waals surface area (Å²) in [5.41, 5.74) is 4.01. The Hall–Kier alpha value is -3.41. The first-order valence-corrected chi connectivity index (χ1v) is 10.6. The van der Waals surface area contributed by atoms with Crippen molar-refractivity contribution < 1.29 is 23.8 Å². The van der Waals surface area contributed by atoms with Crippen LogP contribution in [0, 0.1) is 5.92 Å². The van der Waals surface area contributed by atoms with Crippen LogP contribution in [0.2, 0.25) is 0 Å². The maximum absolute atomic E-state index is 13.5. The zero-order valence-electron chi connectivity index (χ0n) is 18.8. The zero-order valence-corrected chi connectivity index (χ0v) is 18.8. The average molecular weight is 434 g/mol. The lowest BCUT2D eigenvalue weighted by Gasteiger charge is -2.36. The first-order chi connectivity index (χ1) is 15.5. The number of benzene rings is 2. The highest BCUT2D eigenvalue weighted by atomic mass is 16.5. The molecule has 166 valence electrons. The fourth-order valence-electron chi connectivity index (χ4n) is 4.78. The molecule has 0 bridgehead atoms. The second-order valence-electron chi connectivity index (χ2n) is 8.17. The summed E-state index contributed by atoms with van der Waals surface area (Å²) in [6, 6.07) is 15.3. The van der Waals surface area contributed by atoms with Gasteiger partial charge in [0.15, 0.2) is 5.78 Å². The molecule has 2 aliphatic rings. The molecular formula is C26H27NO5. The van der Waals surface area contributed by atoms with Gasteiger partial charge in [-0.1, -0.05) is 24.3 Å². The Morgan fingerprint density at radius 1 is 0.875 bits per heavy atom. The summed E-state index contributed by atoms with van der Waals surface area (Å²) in [4.78, 5) is 31.0. The molecule has 0 saturated heterocycles. The lowest BCUT2D eigenvalue weighted by Crippen LogP contribution is -2.37. The van der Waals surface area contributed by atoms with E-state index in [4.69, 9.17) is 19.2 Å². The van der Waals surface area contributed by atoms with E-state index in [1.54, 1.807) is 14.2 Å². The summed E-state index contributed by atoms with van der Waals surface area (Å²) in [5, 5.41) is 0. The number of hydrogen-bond acceptors (Lipinski definition) is 6. The highest BCUT2D eigenvalue weighted by molar-refractivity contribution is 6.09. The van der Waals surface area contributed by atoms with Gasteiger partial charge in [0, 0.05) is 29.3 Å². The standard InChI is InChI=1S/C26H27NO5/c1-15-23(26(29)32-4)24(17-7-11-20(31-3)12-8-17)25-21(27-15)13-18(14-22(25)28)16-5-9-19(30-2)10-6-16/h5-12,18,23-24H,13-14H2,1-4H3/t18-,23?,24+/m1/s1. The first-order valence-electron chi connectivity index (χ1n) is 10.6. The van der Waals surface area contributed by atoms with Crippen LogP contribution in [0.25, 0.3) is 0 Å². The number of carbonyl (C=O) groups excluding carboxylic acids is 2. The smallest absolute Gasteiger partial charge is 0.315 e. The van der Waals surface area contributed by atoms with Crippen LogP contribution in [0.3, 0.4) is 0 Å². The number of nitrogens with zero attached hydrogens (tertiary/aromatic N) is 1. The molecule has 4 rings (SSSR count). The molecule has 0 N–H and O–H groups in total. The number of Topliss-reactive ketones (excluding diaryl/α,β-unsaturated/α-hetero) is 1. The summed E-state index contributed by atoms with van der Waals surface area (Å²) >= 11 is 0. The molecule has 1 aliphatic heterocycles. The number of esters is 1. The Balaban J connectivity index is 1.76. The van der Waals surface area contributed by atoms with E-state index in [0.717, 1.165) is 22.6 Å². The molecule has 1 aliphatic carbocycles. The maximum Gasteiger partial charge on any atom is 0.315 e. The minimum Gasteiger partial charge on any atom is -0.497 e. The highest BCUT2D eigenvalue weighted by Crippen LogP contribution is 2.47. The molecule has 0 aromatic heterocycles. The summed E-state index contributed by atoms with van der Waals surface area (Å²) in [7, 11) is 4.61. The van der Waals surface area contributed by atoms with Crippen molar-refractivity contribution in [3.63, 3.8) is 0 Å². The number of ether oxygens (including phenoxy) is 3. The van der Waals surface area contributed by atoms with Crippen molar-refractivity contribution >= 4 is 17.5 Å². The van der Waals surface area contributed by atoms with Gasteiger partial charge in [-0.3, -0.25) is 14.6 Å². The summed E-state index contributed by atoms with van der Waals surface area (Å²) in [6.45, 7) is 1.84. The average Bonchev–Trinajstić information content (AvgIpc) is 2.82. The number of rotatable bonds is 5. The van der Waals surface area contributed by atoms with Crippen LogP contribution < -0.4 is 9.47 Å². The van der Waals surface area contributed by atoms with E-state index in [2.05, 4.69) is 0 Å². The number of ketones is 1. The predicted octanol–water partition coefficient (Wildman–Crippen LogP) is 4.45. The number of aliphatic imine (C=N–C) groups is 1. The Morgan fingerprint density at radius 3 is 1.97 bits per heavy atom. The van der Waals surface area contributed by atoms with Crippen molar-refractivity contribution in [3.8, 4) is 11.5 Å². The van der Waals surface area contributed by atoms with Crippen molar-refractivity contribution in [2.24, 2.45) is 10.9 Å². The van der Waals surface area contributed by atoms with Gasteiger partial charge in [-0.05, 0) is 54.7 Å². The summed E-state index contributed by atoms with van der Waals surface area (Å²) in [5.74, 6) is 0.117. The van der Waals surface area contributed by atoms with Crippen LogP contribution in [0.4, 0.5) is 0 Å². The molecule has 0 radical (unpaired) electrons. The Morgan fingerprint density at radius 2 is 1.44 bits per heavy atom. The third-order valence-electron chi connectivity index (χ3n) is 6.41. The van der Waals surface area contributed by atoms with Gasteiger partial charge in [0.2, 0.25) is 0 Å². The second-order valence-corrected chi connectivity index (χ2v) is 8.17. The number of methoxy groups -OCH3 is 3. The Labute approximate surface area is 187 Å². The molecule has 1 unspecified atom stereocenters. The predicted molar refractivity (Wildman–Crippen MR) is 121 cm³/mol. The van der Waals surface area contributed by atoms with Crippen LogP contribution >= 0.6 is 0 Å². The molecule has 0 spiro atoms. The van der Waals surface area contributed by atoms with Gasteiger partial charge in [-0.15, -0.1) is 0 Å². The second kappa shape index (κ2) is 8.99. The third kappa shape index (κ3) is 3.93. The van der Waals surface area contributed by atoms with Gasteiger partial charge in [0.25, 0.3) is 0 Å². The molecular weight excluding hydrogens is 406 g/mol. The molecule has 2 aromatic carbocycles. The van der Waals surface area contributed by atoms with Crippen molar-refractivity contribution in [1.82, 2.24) is 0 Å². The van der Waals surface area contributed by atoms with Crippen LogP contribution in [0.5, 0.6) is 11.5 Å². The SMILES string of the molecule is COC(=O)C1C(C)=NC2=C(C(=O)C[C@H](c3ccc(OC)cc3)C2)[C@H]1c1ccc(OC)cc1. The Bertz CT molecular complexity index is 1080. The van der Waals surface area contributed by atoms with E-state index in [1.807, 2.05) is 55.5 Å². The highest BCUT2D eigenvalue weighted by Gasteiger charge is 2.44. The van der Waals surface area contributed by atoms with E-state index in [1.165, 1.54) is 7.11 Å².